The number of methoxy groups -OCH3 is 2. The van der Waals surface area contributed by atoms with Crippen molar-refractivity contribution in [1.29, 1.82) is 0 Å². The van der Waals surface area contributed by atoms with Crippen molar-refractivity contribution < 1.29 is 23.5 Å². The van der Waals surface area contributed by atoms with E-state index in [9.17, 15) is 14.4 Å². The summed E-state index contributed by atoms with van der Waals surface area (Å²) in [6.45, 7) is 0.528. The second kappa shape index (κ2) is 8.39. The molecule has 1 aromatic heterocycles. The molecule has 1 fully saturated rings. The summed E-state index contributed by atoms with van der Waals surface area (Å²) < 4.78 is 15.8. The van der Waals surface area contributed by atoms with Crippen LogP contribution in [0.2, 0.25) is 0 Å². The second-order valence-electron chi connectivity index (χ2n) is 6.93. The SMILES string of the molecule is COc1ccc(OC)c(N2CCN(CC(=O)Nc3cc4ccccc4oc3=O)C2=O)c1. The number of hydrogen-bond donors (Lipinski definition) is 1. The van der Waals surface area contributed by atoms with Gasteiger partial charge in [-0.2, -0.15) is 0 Å². The fourth-order valence-corrected chi connectivity index (χ4v) is 3.47. The molecular formula is C22H21N3O6. The number of nitrogens with zero attached hydrogens (tertiary/aromatic N) is 2. The first-order valence-corrected chi connectivity index (χ1v) is 9.61. The highest BCUT2D eigenvalue weighted by molar-refractivity contribution is 6.00. The Kier molecular flexibility index (Phi) is 5.48. The zero-order chi connectivity index (χ0) is 22.0. The fraction of sp³-hybridized carbons (Fsp3) is 0.227. The quantitative estimate of drug-likeness (QED) is 0.612. The van der Waals surface area contributed by atoms with Gasteiger partial charge in [0.2, 0.25) is 5.91 Å². The molecule has 31 heavy (non-hydrogen) atoms. The van der Waals surface area contributed by atoms with Gasteiger partial charge in [0.15, 0.2) is 0 Å². The summed E-state index contributed by atoms with van der Waals surface area (Å²) in [6.07, 6.45) is 0. The van der Waals surface area contributed by atoms with Crippen molar-refractivity contribution in [3.05, 3.63) is 59.0 Å². The highest BCUT2D eigenvalue weighted by Crippen LogP contribution is 2.34. The van der Waals surface area contributed by atoms with E-state index in [1.807, 2.05) is 0 Å². The van der Waals surface area contributed by atoms with Gasteiger partial charge in [0, 0.05) is 24.5 Å². The largest absolute Gasteiger partial charge is 0.497 e. The van der Waals surface area contributed by atoms with Crippen molar-refractivity contribution in [2.75, 3.05) is 44.1 Å². The number of rotatable bonds is 6. The van der Waals surface area contributed by atoms with E-state index in [0.29, 0.717) is 41.2 Å². The molecule has 0 atom stereocenters. The molecule has 160 valence electrons. The van der Waals surface area contributed by atoms with Crippen LogP contribution in [-0.2, 0) is 4.79 Å². The average Bonchev–Trinajstić information content (AvgIpc) is 3.13. The molecule has 3 amide bonds. The van der Waals surface area contributed by atoms with Gasteiger partial charge in [-0.3, -0.25) is 9.69 Å². The van der Waals surface area contributed by atoms with E-state index < -0.39 is 11.5 Å². The van der Waals surface area contributed by atoms with Gasteiger partial charge in [0.05, 0.1) is 19.9 Å². The Hall–Kier alpha value is -4.01. The van der Waals surface area contributed by atoms with Crippen LogP contribution in [0.25, 0.3) is 11.0 Å². The summed E-state index contributed by atoms with van der Waals surface area (Å²) >= 11 is 0. The van der Waals surface area contributed by atoms with E-state index in [2.05, 4.69) is 5.32 Å². The topological polar surface area (TPSA) is 101 Å². The second-order valence-corrected chi connectivity index (χ2v) is 6.93. The van der Waals surface area contributed by atoms with E-state index in [1.165, 1.54) is 24.0 Å². The number of anilines is 2. The number of carbonyl (C=O) groups is 2. The van der Waals surface area contributed by atoms with Crippen LogP contribution in [0.5, 0.6) is 11.5 Å². The molecule has 0 aliphatic carbocycles. The number of ether oxygens (including phenoxy) is 2. The van der Waals surface area contributed by atoms with Gasteiger partial charge >= 0.3 is 11.7 Å². The minimum atomic E-state index is -0.650. The minimum absolute atomic E-state index is 0.0293. The third-order valence-corrected chi connectivity index (χ3v) is 5.02. The lowest BCUT2D eigenvalue weighted by molar-refractivity contribution is -0.116. The third kappa shape index (κ3) is 4.02. The number of carbonyl (C=O) groups excluding carboxylic acids is 2. The molecule has 0 saturated carbocycles. The predicted molar refractivity (Wildman–Crippen MR) is 115 cm³/mol. The summed E-state index contributed by atoms with van der Waals surface area (Å²) in [4.78, 5) is 40.5. The van der Waals surface area contributed by atoms with Crippen LogP contribution in [-0.4, -0.2) is 50.7 Å². The number of nitrogens with one attached hydrogen (secondary N) is 1. The maximum atomic E-state index is 12.9. The number of urea groups is 1. The molecule has 3 aromatic rings. The van der Waals surface area contributed by atoms with Crippen LogP contribution in [0, 0.1) is 0 Å². The van der Waals surface area contributed by atoms with Crippen LogP contribution in [0.1, 0.15) is 0 Å². The normalized spacial score (nSPS) is 13.5. The lowest BCUT2D eigenvalue weighted by atomic mass is 10.2. The fourth-order valence-electron chi connectivity index (χ4n) is 3.47. The molecule has 0 unspecified atom stereocenters. The van der Waals surface area contributed by atoms with Gasteiger partial charge in [0.25, 0.3) is 0 Å². The highest BCUT2D eigenvalue weighted by atomic mass is 16.5. The zero-order valence-corrected chi connectivity index (χ0v) is 17.1. The highest BCUT2D eigenvalue weighted by Gasteiger charge is 2.32. The van der Waals surface area contributed by atoms with Crippen molar-refractivity contribution >= 4 is 34.3 Å². The number of para-hydroxylation sites is 1. The Labute approximate surface area is 177 Å². The Balaban J connectivity index is 1.47. The van der Waals surface area contributed by atoms with Gasteiger partial charge in [-0.05, 0) is 24.3 Å². The van der Waals surface area contributed by atoms with Gasteiger partial charge < -0.3 is 24.1 Å². The third-order valence-electron chi connectivity index (χ3n) is 5.02. The molecule has 1 N–H and O–H groups in total. The molecule has 2 heterocycles. The molecule has 0 spiro atoms. The number of amides is 3. The monoisotopic (exact) mass is 423 g/mol. The predicted octanol–water partition coefficient (Wildman–Crippen LogP) is 2.69. The molecule has 1 aliphatic rings. The number of fused-ring (bicyclic) bond motifs is 1. The molecule has 9 nitrogen and oxygen atoms in total. The Morgan fingerprint density at radius 3 is 2.65 bits per heavy atom. The van der Waals surface area contributed by atoms with Gasteiger partial charge in [-0.15, -0.1) is 0 Å². The Morgan fingerprint density at radius 1 is 1.06 bits per heavy atom. The van der Waals surface area contributed by atoms with Gasteiger partial charge in [-0.25, -0.2) is 9.59 Å². The van der Waals surface area contributed by atoms with Gasteiger partial charge in [-0.1, -0.05) is 18.2 Å². The van der Waals surface area contributed by atoms with E-state index in [1.54, 1.807) is 48.5 Å². The van der Waals surface area contributed by atoms with Crippen molar-refractivity contribution in [3.63, 3.8) is 0 Å². The van der Waals surface area contributed by atoms with Crippen LogP contribution in [0.4, 0.5) is 16.2 Å². The maximum Gasteiger partial charge on any atom is 0.360 e. The van der Waals surface area contributed by atoms with Crippen molar-refractivity contribution in [1.82, 2.24) is 4.90 Å². The standard InChI is InChI=1S/C22H21N3O6/c1-29-15-7-8-19(30-2)17(12-15)25-10-9-24(22(25)28)13-20(26)23-16-11-14-5-3-4-6-18(14)31-21(16)27/h3-8,11-12H,9-10,13H2,1-2H3,(H,23,26). The summed E-state index contributed by atoms with van der Waals surface area (Å²) in [7, 11) is 3.06. The lowest BCUT2D eigenvalue weighted by Crippen LogP contribution is -2.37. The molecule has 4 rings (SSSR count). The first-order chi connectivity index (χ1) is 15.0. The molecular weight excluding hydrogens is 402 g/mol. The van der Waals surface area contributed by atoms with E-state index in [0.717, 1.165) is 0 Å². The zero-order valence-electron chi connectivity index (χ0n) is 17.1. The first kappa shape index (κ1) is 20.3. The first-order valence-electron chi connectivity index (χ1n) is 9.61. The maximum absolute atomic E-state index is 12.9. The lowest BCUT2D eigenvalue weighted by Gasteiger charge is -2.21. The summed E-state index contributed by atoms with van der Waals surface area (Å²) in [5.74, 6) is 0.618. The van der Waals surface area contributed by atoms with Crippen LogP contribution in [0.15, 0.2) is 57.7 Å². The molecule has 1 aliphatic heterocycles. The molecule has 2 aromatic carbocycles. The van der Waals surface area contributed by atoms with E-state index in [-0.39, 0.29) is 18.3 Å². The molecule has 0 radical (unpaired) electrons. The van der Waals surface area contributed by atoms with Crippen LogP contribution >= 0.6 is 0 Å². The summed E-state index contributed by atoms with van der Waals surface area (Å²) in [5.41, 5.74) is 0.372. The summed E-state index contributed by atoms with van der Waals surface area (Å²) in [6, 6.07) is 13.4. The van der Waals surface area contributed by atoms with Gasteiger partial charge in [0.1, 0.15) is 29.3 Å². The smallest absolute Gasteiger partial charge is 0.360 e. The van der Waals surface area contributed by atoms with Crippen molar-refractivity contribution in [3.8, 4) is 11.5 Å². The van der Waals surface area contributed by atoms with Crippen molar-refractivity contribution in [2.45, 2.75) is 0 Å². The Morgan fingerprint density at radius 2 is 1.87 bits per heavy atom. The van der Waals surface area contributed by atoms with Crippen LogP contribution in [0.3, 0.4) is 0 Å². The Bertz CT molecular complexity index is 1210. The molecule has 1 saturated heterocycles. The van der Waals surface area contributed by atoms with Crippen LogP contribution < -0.4 is 25.3 Å². The molecule has 9 heteroatoms. The number of benzene rings is 2. The van der Waals surface area contributed by atoms with E-state index in [4.69, 9.17) is 13.9 Å². The van der Waals surface area contributed by atoms with E-state index >= 15 is 0 Å². The number of hydrogen-bond acceptors (Lipinski definition) is 6. The van der Waals surface area contributed by atoms with Crippen molar-refractivity contribution in [2.24, 2.45) is 0 Å². The summed E-state index contributed by atoms with van der Waals surface area (Å²) in [5, 5.41) is 3.23. The minimum Gasteiger partial charge on any atom is -0.497 e. The average molecular weight is 423 g/mol. The molecule has 0 bridgehead atoms.